The first kappa shape index (κ1) is 9.55. The van der Waals surface area contributed by atoms with E-state index in [9.17, 15) is 0 Å². The van der Waals surface area contributed by atoms with E-state index >= 15 is 0 Å². The van der Waals surface area contributed by atoms with Crippen LogP contribution in [0.25, 0.3) is 0 Å². The number of rotatable bonds is 1. The van der Waals surface area contributed by atoms with Crippen molar-refractivity contribution in [3.63, 3.8) is 0 Å². The molecule has 0 spiro atoms. The molecular formula is CH3NaO2S. The van der Waals surface area contributed by atoms with Crippen LogP contribution in [0.1, 0.15) is 0 Å². The molecule has 0 unspecified atom stereocenters. The first-order chi connectivity index (χ1) is 1.91. The minimum atomic E-state index is 0. The smallest absolute Gasteiger partial charge is 0.711 e. The van der Waals surface area contributed by atoms with Crippen LogP contribution in [0.3, 0.4) is 0 Å². The summed E-state index contributed by atoms with van der Waals surface area (Å²) in [7, 11) is 0. The summed E-state index contributed by atoms with van der Waals surface area (Å²) in [6, 6.07) is 0. The van der Waals surface area contributed by atoms with E-state index in [-0.39, 0.29) is 29.6 Å². The monoisotopic (exact) mass is 102 g/mol. The predicted octanol–water partition coefficient (Wildman–Crippen LogP) is -3.44. The van der Waals surface area contributed by atoms with E-state index in [1.165, 1.54) is 0 Å². The van der Waals surface area contributed by atoms with Crippen LogP contribution in [0.5, 0.6) is 0 Å². The molecule has 0 aromatic heterocycles. The van der Waals surface area contributed by atoms with Gasteiger partial charge in [0.2, 0.25) is 0 Å². The van der Waals surface area contributed by atoms with Gasteiger partial charge in [-0.25, -0.2) is 0 Å². The molecule has 0 aliphatic rings. The summed E-state index contributed by atoms with van der Waals surface area (Å²) in [5.41, 5.74) is 0. The summed E-state index contributed by atoms with van der Waals surface area (Å²) >= 11 is 0.801. The maximum Gasteiger partial charge on any atom is 1.00 e. The number of hydrogen-bond donors (Lipinski definition) is 0. The Labute approximate surface area is 57.3 Å². The molecule has 0 aromatic rings. The Morgan fingerprint density at radius 1 is 1.80 bits per heavy atom. The molecule has 2 nitrogen and oxygen atoms in total. The van der Waals surface area contributed by atoms with Gasteiger partial charge in [-0.1, -0.05) is 0 Å². The Morgan fingerprint density at radius 3 is 2.00 bits per heavy atom. The average molecular weight is 102 g/mol. The van der Waals surface area contributed by atoms with Gasteiger partial charge in [-0.3, -0.25) is 0 Å². The van der Waals surface area contributed by atoms with Gasteiger partial charge in [0.25, 0.3) is 0 Å². The van der Waals surface area contributed by atoms with Crippen LogP contribution in [-0.4, -0.2) is 6.26 Å². The SMILES string of the molecule is CSO[O-].[Na+]. The van der Waals surface area contributed by atoms with E-state index in [1.54, 1.807) is 6.26 Å². The largest absolute Gasteiger partial charge is 1.00 e. The van der Waals surface area contributed by atoms with Crippen LogP contribution in [0.15, 0.2) is 0 Å². The third-order valence-corrected chi connectivity index (χ3v) is 0.204. The molecule has 0 heterocycles. The fourth-order valence-electron chi connectivity index (χ4n) is 0. The van der Waals surface area contributed by atoms with E-state index in [0.29, 0.717) is 0 Å². The third-order valence-electron chi connectivity index (χ3n) is 0.0680. The first-order valence-electron chi connectivity index (χ1n) is 0.742. The van der Waals surface area contributed by atoms with Crippen molar-refractivity contribution in [2.75, 3.05) is 6.26 Å². The maximum absolute atomic E-state index is 8.76. The van der Waals surface area contributed by atoms with E-state index in [4.69, 9.17) is 5.26 Å². The van der Waals surface area contributed by atoms with E-state index in [2.05, 4.69) is 4.33 Å². The molecule has 0 bridgehead atoms. The summed E-state index contributed by atoms with van der Waals surface area (Å²) in [6.07, 6.45) is 1.56. The average Bonchev–Trinajstić information content (AvgIpc) is 1.37. The molecule has 0 rings (SSSR count). The van der Waals surface area contributed by atoms with Crippen molar-refractivity contribution in [2.24, 2.45) is 0 Å². The van der Waals surface area contributed by atoms with E-state index < -0.39 is 0 Å². The molecule has 4 heteroatoms. The van der Waals surface area contributed by atoms with Crippen LogP contribution in [0.2, 0.25) is 0 Å². The molecular weight excluding hydrogens is 99.1 g/mol. The molecule has 0 aromatic carbocycles. The van der Waals surface area contributed by atoms with Gasteiger partial charge in [-0.05, 0) is 12.0 Å². The van der Waals surface area contributed by atoms with Gasteiger partial charge >= 0.3 is 29.6 Å². The van der Waals surface area contributed by atoms with Crippen LogP contribution in [-0.2, 0) is 4.33 Å². The Balaban J connectivity index is 0. The zero-order valence-corrected chi connectivity index (χ0v) is 6.04. The Kier molecular flexibility index (Phi) is 17.2. The second-order valence-electron chi connectivity index (χ2n) is 0.235. The van der Waals surface area contributed by atoms with Crippen molar-refractivity contribution in [3.8, 4) is 0 Å². The van der Waals surface area contributed by atoms with Gasteiger partial charge in [-0.15, -0.1) is 0 Å². The van der Waals surface area contributed by atoms with Crippen LogP contribution < -0.4 is 34.8 Å². The first-order valence-corrected chi connectivity index (χ1v) is 1.89. The molecule has 0 saturated carbocycles. The van der Waals surface area contributed by atoms with E-state index in [0.717, 1.165) is 12.0 Å². The molecule has 0 aliphatic heterocycles. The molecule has 26 valence electrons. The van der Waals surface area contributed by atoms with Gasteiger partial charge in [0, 0.05) is 6.26 Å². The molecule has 0 fully saturated rings. The topological polar surface area (TPSA) is 32.3 Å². The molecule has 0 N–H and O–H groups in total. The zero-order chi connectivity index (χ0) is 3.41. The molecule has 0 atom stereocenters. The Bertz CT molecular complexity index is 11.6. The molecule has 0 saturated heterocycles. The van der Waals surface area contributed by atoms with Gasteiger partial charge in [0.15, 0.2) is 0 Å². The fraction of sp³-hybridized carbons (Fsp3) is 1.00. The van der Waals surface area contributed by atoms with Gasteiger partial charge in [0.1, 0.15) is 0 Å². The third kappa shape index (κ3) is 10.9. The standard InChI is InChI=1S/CH4O2S.Na/c1-4-3-2;/h2H,1H3;/q;+1/p-1. The van der Waals surface area contributed by atoms with Crippen LogP contribution >= 0.6 is 12.0 Å². The second-order valence-corrected chi connectivity index (χ2v) is 0.704. The van der Waals surface area contributed by atoms with E-state index in [1.807, 2.05) is 0 Å². The maximum atomic E-state index is 8.76. The van der Waals surface area contributed by atoms with Crippen LogP contribution in [0, 0.1) is 0 Å². The van der Waals surface area contributed by atoms with Gasteiger partial charge < -0.3 is 9.59 Å². The molecule has 0 amide bonds. The minimum absolute atomic E-state index is 0. The normalized spacial score (nSPS) is 6.00. The van der Waals surface area contributed by atoms with Crippen LogP contribution in [0.4, 0.5) is 0 Å². The predicted molar refractivity (Wildman–Crippen MR) is 14.6 cm³/mol. The second kappa shape index (κ2) is 8.99. The molecule has 0 aliphatic carbocycles. The summed E-state index contributed by atoms with van der Waals surface area (Å²) in [5.74, 6) is 0. The zero-order valence-electron chi connectivity index (χ0n) is 3.22. The van der Waals surface area contributed by atoms with Crippen molar-refractivity contribution in [2.45, 2.75) is 0 Å². The molecule has 5 heavy (non-hydrogen) atoms. The summed E-state index contributed by atoms with van der Waals surface area (Å²) in [6.45, 7) is 0. The summed E-state index contributed by atoms with van der Waals surface area (Å²) in [4.78, 5) is 0. The fourth-order valence-corrected chi connectivity index (χ4v) is 0. The van der Waals surface area contributed by atoms with Crippen molar-refractivity contribution >= 4 is 12.0 Å². The van der Waals surface area contributed by atoms with Crippen molar-refractivity contribution < 1.29 is 39.1 Å². The number of hydrogen-bond acceptors (Lipinski definition) is 3. The summed E-state index contributed by atoms with van der Waals surface area (Å²) in [5, 5.41) is 8.76. The quantitative estimate of drug-likeness (QED) is 0.149. The van der Waals surface area contributed by atoms with Crippen molar-refractivity contribution in [3.05, 3.63) is 0 Å². The molecule has 0 radical (unpaired) electrons. The Hall–Kier alpha value is 1.27. The van der Waals surface area contributed by atoms with Gasteiger partial charge in [0.05, 0.1) is 0 Å². The summed E-state index contributed by atoms with van der Waals surface area (Å²) < 4.78 is 3.21. The Morgan fingerprint density at radius 2 is 2.00 bits per heavy atom. The minimum Gasteiger partial charge on any atom is -0.711 e. The van der Waals surface area contributed by atoms with Crippen molar-refractivity contribution in [1.82, 2.24) is 0 Å². The van der Waals surface area contributed by atoms with Gasteiger partial charge in [-0.2, -0.15) is 0 Å². The van der Waals surface area contributed by atoms with Crippen molar-refractivity contribution in [1.29, 1.82) is 0 Å².